The standard InChI is InChI=1S/C19H22N4/c1-13-4-9-17-16(18(13)20)10-11-21-19(17)22-15-7-5-14(6-8-15)12-23(2)3/h4-11H,12,20H2,1-3H3,(H,21,22). The van der Waals surface area contributed by atoms with Gasteiger partial charge in [-0.1, -0.05) is 24.3 Å². The van der Waals surface area contributed by atoms with E-state index in [2.05, 4.69) is 59.6 Å². The molecule has 1 aromatic heterocycles. The van der Waals surface area contributed by atoms with Gasteiger partial charge in [0.25, 0.3) is 0 Å². The first-order valence-corrected chi connectivity index (χ1v) is 7.69. The van der Waals surface area contributed by atoms with Gasteiger partial charge in [-0.3, -0.25) is 0 Å². The molecule has 0 aliphatic rings. The number of nitrogens with one attached hydrogen (secondary N) is 1. The molecule has 3 N–H and O–H groups in total. The maximum Gasteiger partial charge on any atom is 0.138 e. The Hall–Kier alpha value is -2.59. The van der Waals surface area contributed by atoms with E-state index in [1.807, 2.05) is 19.1 Å². The minimum Gasteiger partial charge on any atom is -0.398 e. The molecular formula is C19H22N4. The molecule has 0 spiro atoms. The number of rotatable bonds is 4. The zero-order valence-electron chi connectivity index (χ0n) is 13.8. The number of nitrogens with zero attached hydrogens (tertiary/aromatic N) is 2. The minimum absolute atomic E-state index is 0.814. The van der Waals surface area contributed by atoms with E-state index in [9.17, 15) is 0 Å². The normalized spacial score (nSPS) is 11.1. The van der Waals surface area contributed by atoms with Gasteiger partial charge in [-0.2, -0.15) is 0 Å². The number of pyridine rings is 1. The lowest BCUT2D eigenvalue weighted by molar-refractivity contribution is 0.402. The van der Waals surface area contributed by atoms with Crippen molar-refractivity contribution in [1.29, 1.82) is 0 Å². The van der Waals surface area contributed by atoms with E-state index < -0.39 is 0 Å². The molecule has 0 saturated heterocycles. The number of aryl methyl sites for hydroxylation is 1. The maximum absolute atomic E-state index is 6.19. The summed E-state index contributed by atoms with van der Waals surface area (Å²) < 4.78 is 0. The molecule has 0 aliphatic heterocycles. The van der Waals surface area contributed by atoms with E-state index >= 15 is 0 Å². The van der Waals surface area contributed by atoms with Crippen LogP contribution in [-0.4, -0.2) is 24.0 Å². The van der Waals surface area contributed by atoms with Gasteiger partial charge in [0.1, 0.15) is 5.82 Å². The molecule has 0 fully saturated rings. The van der Waals surface area contributed by atoms with Crippen LogP contribution in [0.4, 0.5) is 17.2 Å². The Labute approximate surface area is 136 Å². The van der Waals surface area contributed by atoms with E-state index in [1.54, 1.807) is 6.20 Å². The smallest absolute Gasteiger partial charge is 0.138 e. The van der Waals surface area contributed by atoms with Gasteiger partial charge in [-0.25, -0.2) is 4.98 Å². The molecule has 3 rings (SSSR count). The Morgan fingerprint density at radius 1 is 1.00 bits per heavy atom. The van der Waals surface area contributed by atoms with Gasteiger partial charge in [0, 0.05) is 34.9 Å². The average Bonchev–Trinajstić information content (AvgIpc) is 2.53. The predicted octanol–water partition coefficient (Wildman–Crippen LogP) is 3.93. The van der Waals surface area contributed by atoms with Crippen LogP contribution < -0.4 is 11.1 Å². The highest BCUT2D eigenvalue weighted by Crippen LogP contribution is 2.30. The number of hydrogen-bond donors (Lipinski definition) is 2. The molecule has 4 nitrogen and oxygen atoms in total. The van der Waals surface area contributed by atoms with Crippen LogP contribution in [0.5, 0.6) is 0 Å². The van der Waals surface area contributed by atoms with E-state index in [0.29, 0.717) is 0 Å². The van der Waals surface area contributed by atoms with Crippen molar-refractivity contribution in [2.75, 3.05) is 25.1 Å². The fourth-order valence-corrected chi connectivity index (χ4v) is 2.68. The Bertz CT molecular complexity index is 823. The van der Waals surface area contributed by atoms with Gasteiger partial charge in [-0.05, 0) is 50.3 Å². The molecule has 0 radical (unpaired) electrons. The van der Waals surface area contributed by atoms with Crippen molar-refractivity contribution in [3.63, 3.8) is 0 Å². The molecule has 4 heteroatoms. The van der Waals surface area contributed by atoms with Crippen LogP contribution in [0.25, 0.3) is 10.8 Å². The zero-order chi connectivity index (χ0) is 16.4. The molecule has 0 saturated carbocycles. The molecular weight excluding hydrogens is 284 g/mol. The summed E-state index contributed by atoms with van der Waals surface area (Å²) in [6, 6.07) is 14.5. The Morgan fingerprint density at radius 3 is 2.43 bits per heavy atom. The second-order valence-electron chi connectivity index (χ2n) is 6.11. The van der Waals surface area contributed by atoms with Gasteiger partial charge in [0.15, 0.2) is 0 Å². The molecule has 3 aromatic rings. The SMILES string of the molecule is Cc1ccc2c(Nc3ccc(CN(C)C)cc3)nccc2c1N. The third-order valence-corrected chi connectivity index (χ3v) is 3.92. The molecule has 0 amide bonds. The van der Waals surface area contributed by atoms with Crippen molar-refractivity contribution in [2.45, 2.75) is 13.5 Å². The lowest BCUT2D eigenvalue weighted by Gasteiger charge is -2.13. The Morgan fingerprint density at radius 2 is 1.74 bits per heavy atom. The van der Waals surface area contributed by atoms with E-state index in [0.717, 1.165) is 40.1 Å². The third-order valence-electron chi connectivity index (χ3n) is 3.92. The van der Waals surface area contributed by atoms with Crippen molar-refractivity contribution in [3.05, 3.63) is 59.8 Å². The van der Waals surface area contributed by atoms with E-state index in [1.165, 1.54) is 5.56 Å². The van der Waals surface area contributed by atoms with Crippen molar-refractivity contribution in [1.82, 2.24) is 9.88 Å². The summed E-state index contributed by atoms with van der Waals surface area (Å²) in [5.74, 6) is 0.828. The van der Waals surface area contributed by atoms with E-state index in [4.69, 9.17) is 5.73 Å². The van der Waals surface area contributed by atoms with Crippen LogP contribution in [-0.2, 0) is 6.54 Å². The number of benzene rings is 2. The molecule has 23 heavy (non-hydrogen) atoms. The summed E-state index contributed by atoms with van der Waals surface area (Å²) in [5, 5.41) is 5.46. The van der Waals surface area contributed by atoms with Crippen molar-refractivity contribution >= 4 is 28.0 Å². The number of anilines is 3. The van der Waals surface area contributed by atoms with Crippen LogP contribution in [0.1, 0.15) is 11.1 Å². The average molecular weight is 306 g/mol. The highest BCUT2D eigenvalue weighted by Gasteiger charge is 2.07. The first kappa shape index (κ1) is 15.3. The monoisotopic (exact) mass is 306 g/mol. The number of nitrogen functional groups attached to an aromatic ring is 1. The lowest BCUT2D eigenvalue weighted by atomic mass is 10.1. The van der Waals surface area contributed by atoms with Gasteiger partial charge >= 0.3 is 0 Å². The Balaban J connectivity index is 1.91. The fourth-order valence-electron chi connectivity index (χ4n) is 2.68. The highest BCUT2D eigenvalue weighted by molar-refractivity contribution is 6.01. The first-order valence-electron chi connectivity index (χ1n) is 7.69. The molecule has 0 bridgehead atoms. The molecule has 0 atom stereocenters. The minimum atomic E-state index is 0.814. The Kier molecular flexibility index (Phi) is 4.17. The predicted molar refractivity (Wildman–Crippen MR) is 98.0 cm³/mol. The van der Waals surface area contributed by atoms with Gasteiger partial charge in [-0.15, -0.1) is 0 Å². The van der Waals surface area contributed by atoms with Crippen molar-refractivity contribution in [3.8, 4) is 0 Å². The molecule has 0 unspecified atom stereocenters. The first-order chi connectivity index (χ1) is 11.0. The van der Waals surface area contributed by atoms with E-state index in [-0.39, 0.29) is 0 Å². The summed E-state index contributed by atoms with van der Waals surface area (Å²) in [5.41, 5.74) is 10.4. The number of aromatic nitrogens is 1. The summed E-state index contributed by atoms with van der Waals surface area (Å²) in [6.07, 6.45) is 1.79. The molecule has 2 aromatic carbocycles. The summed E-state index contributed by atoms with van der Waals surface area (Å²) in [4.78, 5) is 6.62. The number of fused-ring (bicyclic) bond motifs is 1. The maximum atomic E-state index is 6.19. The molecule has 0 aliphatic carbocycles. The van der Waals surface area contributed by atoms with Gasteiger partial charge in [0.05, 0.1) is 0 Å². The highest BCUT2D eigenvalue weighted by atomic mass is 15.0. The topological polar surface area (TPSA) is 54.2 Å². The molecule has 1 heterocycles. The van der Waals surface area contributed by atoms with Crippen LogP contribution in [0.15, 0.2) is 48.7 Å². The van der Waals surface area contributed by atoms with Crippen LogP contribution in [0.2, 0.25) is 0 Å². The third kappa shape index (κ3) is 3.27. The second kappa shape index (κ2) is 6.26. The van der Waals surface area contributed by atoms with Crippen molar-refractivity contribution in [2.24, 2.45) is 0 Å². The zero-order valence-corrected chi connectivity index (χ0v) is 13.8. The fraction of sp³-hybridized carbons (Fsp3) is 0.211. The second-order valence-corrected chi connectivity index (χ2v) is 6.11. The number of hydrogen-bond acceptors (Lipinski definition) is 4. The molecule has 118 valence electrons. The largest absolute Gasteiger partial charge is 0.398 e. The van der Waals surface area contributed by atoms with Crippen LogP contribution >= 0.6 is 0 Å². The van der Waals surface area contributed by atoms with Gasteiger partial charge < -0.3 is 16.0 Å². The summed E-state index contributed by atoms with van der Waals surface area (Å²) in [6.45, 7) is 2.95. The summed E-state index contributed by atoms with van der Waals surface area (Å²) >= 11 is 0. The summed E-state index contributed by atoms with van der Waals surface area (Å²) in [7, 11) is 4.14. The van der Waals surface area contributed by atoms with Crippen LogP contribution in [0.3, 0.4) is 0 Å². The van der Waals surface area contributed by atoms with Gasteiger partial charge in [0.2, 0.25) is 0 Å². The number of nitrogens with two attached hydrogens (primary N) is 1. The lowest BCUT2D eigenvalue weighted by Crippen LogP contribution is -2.10. The quantitative estimate of drug-likeness (QED) is 0.717. The van der Waals surface area contributed by atoms with Crippen molar-refractivity contribution < 1.29 is 0 Å². The van der Waals surface area contributed by atoms with Crippen LogP contribution in [0, 0.1) is 6.92 Å².